The van der Waals surface area contributed by atoms with Crippen LogP contribution in [0, 0.1) is 26.6 Å². The molecular formula is C11H14FNO. The molecule has 2 nitrogen and oxygen atoms in total. The summed E-state index contributed by atoms with van der Waals surface area (Å²) in [5.74, 6) is -0.782. The second-order valence-corrected chi connectivity index (χ2v) is 3.45. The van der Waals surface area contributed by atoms with E-state index in [0.29, 0.717) is 11.1 Å². The van der Waals surface area contributed by atoms with Crippen molar-refractivity contribution in [2.24, 2.45) is 5.73 Å². The van der Waals surface area contributed by atoms with Crippen molar-refractivity contribution in [2.45, 2.75) is 20.8 Å². The zero-order valence-corrected chi connectivity index (χ0v) is 8.65. The van der Waals surface area contributed by atoms with E-state index in [2.05, 4.69) is 0 Å². The summed E-state index contributed by atoms with van der Waals surface area (Å²) >= 11 is 0. The molecule has 0 radical (unpaired) electrons. The number of carbonyl (C=O) groups excluding carboxylic acids is 1. The minimum atomic E-state index is -0.441. The van der Waals surface area contributed by atoms with Gasteiger partial charge in [-0.15, -0.1) is 0 Å². The molecule has 0 fully saturated rings. The molecule has 0 unspecified atom stereocenters. The molecular weight excluding hydrogens is 181 g/mol. The monoisotopic (exact) mass is 195 g/mol. The number of rotatable bonds is 2. The number of aryl methyl sites for hydroxylation is 2. The van der Waals surface area contributed by atoms with Crippen molar-refractivity contribution in [1.82, 2.24) is 0 Å². The van der Waals surface area contributed by atoms with Gasteiger partial charge in [0.1, 0.15) is 5.82 Å². The minimum Gasteiger partial charge on any atom is -0.324 e. The summed E-state index contributed by atoms with van der Waals surface area (Å²) < 4.78 is 13.6. The number of hydrogen-bond donors (Lipinski definition) is 1. The standard InChI is InChI=1S/C11H14FNO/c1-6-4-7(2)11(12)10(8(6)3)9(14)5-13/h4H,5,13H2,1-3H3. The number of ketones is 1. The van der Waals surface area contributed by atoms with Crippen LogP contribution in [-0.4, -0.2) is 12.3 Å². The Morgan fingerprint density at radius 1 is 1.36 bits per heavy atom. The van der Waals surface area contributed by atoms with Crippen molar-refractivity contribution in [3.05, 3.63) is 34.1 Å². The quantitative estimate of drug-likeness (QED) is 0.732. The van der Waals surface area contributed by atoms with Gasteiger partial charge in [0.25, 0.3) is 0 Å². The summed E-state index contributed by atoms with van der Waals surface area (Å²) in [5, 5.41) is 0. The highest BCUT2D eigenvalue weighted by Gasteiger charge is 2.16. The fourth-order valence-corrected chi connectivity index (χ4v) is 1.49. The maximum Gasteiger partial charge on any atom is 0.179 e. The molecule has 0 saturated heterocycles. The van der Waals surface area contributed by atoms with E-state index in [0.717, 1.165) is 5.56 Å². The van der Waals surface area contributed by atoms with Crippen LogP contribution in [0.1, 0.15) is 27.0 Å². The summed E-state index contributed by atoms with van der Waals surface area (Å²) in [4.78, 5) is 11.4. The Hall–Kier alpha value is -1.22. The third-order valence-corrected chi connectivity index (χ3v) is 2.43. The third kappa shape index (κ3) is 1.68. The zero-order valence-electron chi connectivity index (χ0n) is 8.65. The lowest BCUT2D eigenvalue weighted by atomic mass is 9.96. The number of Topliss-reactive ketones (excluding diaryl/α,β-unsaturated/α-hetero) is 1. The largest absolute Gasteiger partial charge is 0.324 e. The highest BCUT2D eigenvalue weighted by atomic mass is 19.1. The Morgan fingerprint density at radius 3 is 2.43 bits per heavy atom. The first kappa shape index (κ1) is 10.9. The number of carbonyl (C=O) groups is 1. The van der Waals surface area contributed by atoms with Gasteiger partial charge in [0.2, 0.25) is 0 Å². The molecule has 0 amide bonds. The molecule has 0 aromatic heterocycles. The summed E-state index contributed by atoms with van der Waals surface area (Å²) in [6, 6.07) is 1.73. The first-order valence-electron chi connectivity index (χ1n) is 4.48. The topological polar surface area (TPSA) is 43.1 Å². The van der Waals surface area contributed by atoms with Crippen LogP contribution in [-0.2, 0) is 0 Å². The van der Waals surface area contributed by atoms with Gasteiger partial charge in [-0.05, 0) is 37.5 Å². The van der Waals surface area contributed by atoms with Gasteiger partial charge < -0.3 is 5.73 Å². The van der Waals surface area contributed by atoms with E-state index in [4.69, 9.17) is 5.73 Å². The van der Waals surface area contributed by atoms with Crippen LogP contribution in [0.2, 0.25) is 0 Å². The second kappa shape index (κ2) is 3.88. The average Bonchev–Trinajstić information content (AvgIpc) is 2.15. The Kier molecular flexibility index (Phi) is 3.01. The number of benzene rings is 1. The Morgan fingerprint density at radius 2 is 1.93 bits per heavy atom. The Bertz CT molecular complexity index is 359. The van der Waals surface area contributed by atoms with E-state index < -0.39 is 5.82 Å². The van der Waals surface area contributed by atoms with E-state index in [-0.39, 0.29) is 17.9 Å². The SMILES string of the molecule is Cc1cc(C)c(F)c(C(=O)CN)c1C. The van der Waals surface area contributed by atoms with Crippen molar-refractivity contribution < 1.29 is 9.18 Å². The molecule has 3 heteroatoms. The number of halogens is 1. The lowest BCUT2D eigenvalue weighted by Gasteiger charge is -2.10. The van der Waals surface area contributed by atoms with E-state index >= 15 is 0 Å². The van der Waals surface area contributed by atoms with E-state index in [1.807, 2.05) is 6.92 Å². The molecule has 1 aromatic carbocycles. The van der Waals surface area contributed by atoms with E-state index in [1.165, 1.54) is 0 Å². The molecule has 0 bridgehead atoms. The highest BCUT2D eigenvalue weighted by molar-refractivity contribution is 5.99. The average molecular weight is 195 g/mol. The molecule has 14 heavy (non-hydrogen) atoms. The molecule has 0 aliphatic heterocycles. The predicted molar refractivity (Wildman–Crippen MR) is 54.0 cm³/mol. The smallest absolute Gasteiger partial charge is 0.179 e. The first-order chi connectivity index (χ1) is 6.49. The van der Waals surface area contributed by atoms with Crippen molar-refractivity contribution >= 4 is 5.78 Å². The van der Waals surface area contributed by atoms with Gasteiger partial charge >= 0.3 is 0 Å². The van der Waals surface area contributed by atoms with Crippen molar-refractivity contribution in [3.8, 4) is 0 Å². The van der Waals surface area contributed by atoms with E-state index in [1.54, 1.807) is 19.9 Å². The normalized spacial score (nSPS) is 10.4. The molecule has 76 valence electrons. The molecule has 0 heterocycles. The third-order valence-electron chi connectivity index (χ3n) is 2.43. The lowest BCUT2D eigenvalue weighted by Crippen LogP contribution is -2.17. The summed E-state index contributed by atoms with van der Waals surface area (Å²) in [5.41, 5.74) is 7.46. The first-order valence-corrected chi connectivity index (χ1v) is 4.48. The number of hydrogen-bond acceptors (Lipinski definition) is 2. The molecule has 1 aromatic rings. The highest BCUT2D eigenvalue weighted by Crippen LogP contribution is 2.20. The van der Waals surface area contributed by atoms with Gasteiger partial charge in [-0.3, -0.25) is 4.79 Å². The summed E-state index contributed by atoms with van der Waals surface area (Å²) in [6.07, 6.45) is 0. The van der Waals surface area contributed by atoms with Crippen LogP contribution in [0.3, 0.4) is 0 Å². The van der Waals surface area contributed by atoms with Gasteiger partial charge in [-0.2, -0.15) is 0 Å². The van der Waals surface area contributed by atoms with Crippen LogP contribution in [0.4, 0.5) is 4.39 Å². The van der Waals surface area contributed by atoms with Crippen LogP contribution in [0.25, 0.3) is 0 Å². The maximum atomic E-state index is 13.6. The van der Waals surface area contributed by atoms with Gasteiger partial charge in [0.05, 0.1) is 12.1 Å². The zero-order chi connectivity index (χ0) is 10.9. The van der Waals surface area contributed by atoms with Crippen LogP contribution >= 0.6 is 0 Å². The predicted octanol–water partition coefficient (Wildman–Crippen LogP) is 1.89. The molecule has 0 spiro atoms. The fraction of sp³-hybridized carbons (Fsp3) is 0.364. The summed E-state index contributed by atoms with van der Waals surface area (Å²) in [6.45, 7) is 5.09. The molecule has 2 N–H and O–H groups in total. The minimum absolute atomic E-state index is 0.144. The maximum absolute atomic E-state index is 13.6. The van der Waals surface area contributed by atoms with Gasteiger partial charge in [-0.25, -0.2) is 4.39 Å². The van der Waals surface area contributed by atoms with Gasteiger partial charge in [0, 0.05) is 0 Å². The Balaban J connectivity index is 3.47. The second-order valence-electron chi connectivity index (χ2n) is 3.45. The van der Waals surface area contributed by atoms with Gasteiger partial charge in [0.15, 0.2) is 5.78 Å². The van der Waals surface area contributed by atoms with Crippen LogP contribution in [0.5, 0.6) is 0 Å². The lowest BCUT2D eigenvalue weighted by molar-refractivity contribution is 0.0996. The van der Waals surface area contributed by atoms with Crippen molar-refractivity contribution in [2.75, 3.05) is 6.54 Å². The molecule has 0 atom stereocenters. The van der Waals surface area contributed by atoms with Crippen molar-refractivity contribution in [3.63, 3.8) is 0 Å². The number of nitrogens with two attached hydrogens (primary N) is 1. The van der Waals surface area contributed by atoms with E-state index in [9.17, 15) is 9.18 Å². The summed E-state index contributed by atoms with van der Waals surface area (Å²) in [7, 11) is 0. The van der Waals surface area contributed by atoms with Crippen LogP contribution < -0.4 is 5.73 Å². The molecule has 0 aliphatic carbocycles. The molecule has 0 saturated carbocycles. The van der Waals surface area contributed by atoms with Crippen molar-refractivity contribution in [1.29, 1.82) is 0 Å². The fourth-order valence-electron chi connectivity index (χ4n) is 1.49. The van der Waals surface area contributed by atoms with Crippen LogP contribution in [0.15, 0.2) is 6.07 Å². The van der Waals surface area contributed by atoms with Gasteiger partial charge in [-0.1, -0.05) is 6.07 Å². The molecule has 1 rings (SSSR count). The molecule has 0 aliphatic rings. The Labute approximate surface area is 82.9 Å².